The predicted molar refractivity (Wildman–Crippen MR) is 144 cm³/mol. The molecule has 194 valence electrons. The molecule has 7 heteroatoms. The van der Waals surface area contributed by atoms with Crippen LogP contribution < -0.4 is 4.74 Å². The second kappa shape index (κ2) is 10.7. The molecule has 4 aromatic rings. The Bertz CT molecular complexity index is 1410. The van der Waals surface area contributed by atoms with Crippen molar-refractivity contribution in [3.8, 4) is 5.75 Å². The molecule has 37 heavy (non-hydrogen) atoms. The number of hydrogen-bond acceptors (Lipinski definition) is 6. The van der Waals surface area contributed by atoms with Gasteiger partial charge in [-0.15, -0.1) is 5.10 Å². The summed E-state index contributed by atoms with van der Waals surface area (Å²) < 4.78 is 18.3. The van der Waals surface area contributed by atoms with Crippen molar-refractivity contribution in [1.82, 2.24) is 15.0 Å². The molecule has 1 heterocycles. The SMILES string of the molecule is COC(=O)C(C)(C)C(c1ccc(C)c(COCc2ccc(OC)cc2)c1)c1ccc2c(nnn2C)c1C. The fraction of sp³-hybridized carbons (Fsp3) is 0.367. The van der Waals surface area contributed by atoms with E-state index in [1.165, 1.54) is 7.11 Å². The third kappa shape index (κ3) is 5.23. The second-order valence-electron chi connectivity index (χ2n) is 10.0. The summed E-state index contributed by atoms with van der Waals surface area (Å²) in [6.45, 7) is 8.94. The number of benzene rings is 3. The fourth-order valence-electron chi connectivity index (χ4n) is 4.95. The summed E-state index contributed by atoms with van der Waals surface area (Å²) in [5, 5.41) is 8.57. The third-order valence-corrected chi connectivity index (χ3v) is 7.22. The van der Waals surface area contributed by atoms with Gasteiger partial charge in [-0.25, -0.2) is 4.68 Å². The zero-order valence-electron chi connectivity index (χ0n) is 22.7. The van der Waals surface area contributed by atoms with Gasteiger partial charge < -0.3 is 14.2 Å². The molecule has 0 bridgehead atoms. The molecule has 4 rings (SSSR count). The average molecular weight is 502 g/mol. The van der Waals surface area contributed by atoms with E-state index in [9.17, 15) is 4.79 Å². The molecule has 7 nitrogen and oxygen atoms in total. The molecule has 0 saturated heterocycles. The van der Waals surface area contributed by atoms with E-state index < -0.39 is 5.41 Å². The summed E-state index contributed by atoms with van der Waals surface area (Å²) in [4.78, 5) is 13.0. The lowest BCUT2D eigenvalue weighted by atomic mass is 9.69. The molecule has 0 aliphatic rings. The van der Waals surface area contributed by atoms with Gasteiger partial charge in [-0.1, -0.05) is 41.6 Å². The maximum Gasteiger partial charge on any atom is 0.312 e. The third-order valence-electron chi connectivity index (χ3n) is 7.22. The van der Waals surface area contributed by atoms with Crippen LogP contribution in [0.2, 0.25) is 0 Å². The highest BCUT2D eigenvalue weighted by Crippen LogP contribution is 2.44. The summed E-state index contributed by atoms with van der Waals surface area (Å²) in [5.74, 6) is 0.294. The number of ether oxygens (including phenoxy) is 3. The van der Waals surface area contributed by atoms with Gasteiger partial charge in [0.2, 0.25) is 0 Å². The fourth-order valence-corrected chi connectivity index (χ4v) is 4.95. The first kappa shape index (κ1) is 26.4. The molecule has 3 aromatic carbocycles. The summed E-state index contributed by atoms with van der Waals surface area (Å²) in [6.07, 6.45) is 0. The highest BCUT2D eigenvalue weighted by atomic mass is 16.5. The predicted octanol–water partition coefficient (Wildman–Crippen LogP) is 5.64. The van der Waals surface area contributed by atoms with Crippen LogP contribution in [0.5, 0.6) is 5.75 Å². The first-order valence-electron chi connectivity index (χ1n) is 12.3. The van der Waals surface area contributed by atoms with Crippen molar-refractivity contribution in [3.63, 3.8) is 0 Å². The number of rotatable bonds is 9. The van der Waals surface area contributed by atoms with E-state index in [4.69, 9.17) is 14.2 Å². The first-order valence-corrected chi connectivity index (χ1v) is 12.3. The van der Waals surface area contributed by atoms with Gasteiger partial charge in [-0.05, 0) is 79.3 Å². The summed E-state index contributed by atoms with van der Waals surface area (Å²) in [5.41, 5.74) is 7.30. The largest absolute Gasteiger partial charge is 0.497 e. The molecular formula is C30H35N3O4. The Kier molecular flexibility index (Phi) is 7.64. The minimum Gasteiger partial charge on any atom is -0.497 e. The average Bonchev–Trinajstić information content (AvgIpc) is 3.28. The van der Waals surface area contributed by atoms with E-state index in [-0.39, 0.29) is 11.9 Å². The number of hydrogen-bond donors (Lipinski definition) is 0. The molecule has 1 unspecified atom stereocenters. The maximum atomic E-state index is 13.0. The molecule has 0 aliphatic carbocycles. The van der Waals surface area contributed by atoms with E-state index in [0.717, 1.165) is 50.2 Å². The van der Waals surface area contributed by atoms with E-state index in [1.807, 2.05) is 58.2 Å². The lowest BCUT2D eigenvalue weighted by molar-refractivity contribution is -0.151. The summed E-state index contributed by atoms with van der Waals surface area (Å²) >= 11 is 0. The van der Waals surface area contributed by atoms with Crippen LogP contribution in [0.1, 0.15) is 53.1 Å². The molecule has 1 atom stereocenters. The topological polar surface area (TPSA) is 75.5 Å². The molecule has 0 radical (unpaired) electrons. The number of carbonyl (C=O) groups excluding carboxylic acids is 1. The number of aryl methyl sites for hydroxylation is 3. The normalized spacial score (nSPS) is 12.5. The van der Waals surface area contributed by atoms with Crippen LogP contribution in [0.4, 0.5) is 0 Å². The van der Waals surface area contributed by atoms with Gasteiger partial charge in [0.15, 0.2) is 0 Å². The molecule has 0 spiro atoms. The molecule has 0 N–H and O–H groups in total. The Labute approximate surface area is 218 Å². The van der Waals surface area contributed by atoms with Gasteiger partial charge in [-0.3, -0.25) is 4.79 Å². The zero-order valence-corrected chi connectivity index (χ0v) is 22.7. The first-order chi connectivity index (χ1) is 17.7. The lowest BCUT2D eigenvalue weighted by Crippen LogP contribution is -2.34. The molecule has 1 aromatic heterocycles. The standard InChI is InChI=1S/C30H35N3O4/c1-19-8-11-22(16-23(19)18-37-17-21-9-12-24(35-6)13-10-21)27(30(3,4)29(34)36-7)25-14-15-26-28(20(25)2)31-32-33(26)5/h8-16,27H,17-18H2,1-7H3. The van der Waals surface area contributed by atoms with Crippen LogP contribution in [-0.2, 0) is 34.5 Å². The maximum absolute atomic E-state index is 13.0. The minimum atomic E-state index is -0.828. The van der Waals surface area contributed by atoms with Crippen LogP contribution in [0.25, 0.3) is 11.0 Å². The quantitative estimate of drug-likeness (QED) is 0.276. The number of nitrogens with zero attached hydrogens (tertiary/aromatic N) is 3. The Morgan fingerprint density at radius 3 is 2.41 bits per heavy atom. The molecule has 0 fully saturated rings. The zero-order chi connectivity index (χ0) is 26.7. The molecule has 0 aliphatic heterocycles. The van der Waals surface area contributed by atoms with Crippen molar-refractivity contribution in [2.45, 2.75) is 46.8 Å². The van der Waals surface area contributed by atoms with Gasteiger partial charge in [0.25, 0.3) is 0 Å². The van der Waals surface area contributed by atoms with Crippen molar-refractivity contribution in [1.29, 1.82) is 0 Å². The Morgan fingerprint density at radius 1 is 1.00 bits per heavy atom. The van der Waals surface area contributed by atoms with Crippen molar-refractivity contribution in [2.24, 2.45) is 12.5 Å². The molecule has 0 amide bonds. The number of carbonyl (C=O) groups is 1. The number of methoxy groups -OCH3 is 2. The number of esters is 1. The van der Waals surface area contributed by atoms with Crippen molar-refractivity contribution in [2.75, 3.05) is 14.2 Å². The van der Waals surface area contributed by atoms with Crippen LogP contribution in [0, 0.1) is 19.3 Å². The highest BCUT2D eigenvalue weighted by molar-refractivity contribution is 5.82. The second-order valence-corrected chi connectivity index (χ2v) is 10.0. The van der Waals surface area contributed by atoms with Crippen molar-refractivity contribution in [3.05, 3.63) is 88.0 Å². The highest BCUT2D eigenvalue weighted by Gasteiger charge is 2.41. The number of aromatic nitrogens is 3. The minimum absolute atomic E-state index is 0.257. The monoisotopic (exact) mass is 501 g/mol. The van der Waals surface area contributed by atoms with Gasteiger partial charge in [-0.2, -0.15) is 0 Å². The van der Waals surface area contributed by atoms with E-state index in [0.29, 0.717) is 13.2 Å². The smallest absolute Gasteiger partial charge is 0.312 e. The van der Waals surface area contributed by atoms with Gasteiger partial charge in [0.1, 0.15) is 11.3 Å². The van der Waals surface area contributed by atoms with E-state index >= 15 is 0 Å². The van der Waals surface area contributed by atoms with Crippen LogP contribution >= 0.6 is 0 Å². The molecular weight excluding hydrogens is 466 g/mol. The van der Waals surface area contributed by atoms with Gasteiger partial charge >= 0.3 is 5.97 Å². The summed E-state index contributed by atoms with van der Waals surface area (Å²) in [7, 11) is 4.97. The van der Waals surface area contributed by atoms with E-state index in [1.54, 1.807) is 11.8 Å². The van der Waals surface area contributed by atoms with Crippen molar-refractivity contribution >= 4 is 17.0 Å². The summed E-state index contributed by atoms with van der Waals surface area (Å²) in [6, 6.07) is 18.3. The Balaban J connectivity index is 1.70. The lowest BCUT2D eigenvalue weighted by Gasteiger charge is -2.34. The Hall–Kier alpha value is -3.71. The van der Waals surface area contributed by atoms with E-state index in [2.05, 4.69) is 41.5 Å². The van der Waals surface area contributed by atoms with Gasteiger partial charge in [0.05, 0.1) is 38.4 Å². The number of fused-ring (bicyclic) bond motifs is 1. The van der Waals surface area contributed by atoms with Crippen LogP contribution in [0.15, 0.2) is 54.6 Å². The van der Waals surface area contributed by atoms with Gasteiger partial charge in [0, 0.05) is 13.0 Å². The van der Waals surface area contributed by atoms with Crippen molar-refractivity contribution < 1.29 is 19.0 Å². The Morgan fingerprint density at radius 2 is 1.73 bits per heavy atom. The molecule has 0 saturated carbocycles. The van der Waals surface area contributed by atoms with Crippen LogP contribution in [0.3, 0.4) is 0 Å². The van der Waals surface area contributed by atoms with Crippen LogP contribution in [-0.4, -0.2) is 35.2 Å².